The van der Waals surface area contributed by atoms with Gasteiger partial charge in [-0.3, -0.25) is 9.59 Å². The maximum atomic E-state index is 11.2. The standard InChI is InChI=1S/C9H15IO4/c1-6(2)13-9(12)4-8(5-10)14-7(3)11/h6,8H,4-5H2,1-3H3. The minimum absolute atomic E-state index is 0.126. The first-order valence-electron chi connectivity index (χ1n) is 4.38. The number of carbonyl (C=O) groups is 2. The highest BCUT2D eigenvalue weighted by atomic mass is 127. The Bertz CT molecular complexity index is 203. The molecule has 0 saturated carbocycles. The van der Waals surface area contributed by atoms with E-state index in [4.69, 9.17) is 9.47 Å². The number of rotatable bonds is 5. The van der Waals surface area contributed by atoms with Gasteiger partial charge in [-0.05, 0) is 13.8 Å². The molecule has 4 nitrogen and oxygen atoms in total. The molecular formula is C9H15IO4. The largest absolute Gasteiger partial charge is 0.463 e. The Balaban J connectivity index is 3.92. The van der Waals surface area contributed by atoms with E-state index in [9.17, 15) is 9.59 Å². The second-order valence-electron chi connectivity index (χ2n) is 3.13. The van der Waals surface area contributed by atoms with Crippen LogP contribution in [0.3, 0.4) is 0 Å². The van der Waals surface area contributed by atoms with Crippen LogP contribution in [0.1, 0.15) is 27.2 Å². The zero-order valence-electron chi connectivity index (χ0n) is 8.58. The number of esters is 2. The van der Waals surface area contributed by atoms with Crippen molar-refractivity contribution < 1.29 is 19.1 Å². The van der Waals surface area contributed by atoms with E-state index in [2.05, 4.69) is 22.6 Å². The van der Waals surface area contributed by atoms with E-state index in [1.165, 1.54) is 6.92 Å². The van der Waals surface area contributed by atoms with Crippen molar-refractivity contribution in [1.29, 1.82) is 0 Å². The van der Waals surface area contributed by atoms with Gasteiger partial charge < -0.3 is 9.47 Å². The molecule has 0 aliphatic rings. The van der Waals surface area contributed by atoms with E-state index in [0.717, 1.165) is 0 Å². The Morgan fingerprint density at radius 1 is 1.29 bits per heavy atom. The number of hydrogen-bond donors (Lipinski definition) is 0. The van der Waals surface area contributed by atoms with Gasteiger partial charge in [0.1, 0.15) is 6.10 Å². The third-order valence-corrected chi connectivity index (χ3v) is 2.25. The summed E-state index contributed by atoms with van der Waals surface area (Å²) >= 11 is 2.06. The number of ether oxygens (including phenoxy) is 2. The monoisotopic (exact) mass is 314 g/mol. The van der Waals surface area contributed by atoms with Crippen molar-refractivity contribution >= 4 is 34.5 Å². The van der Waals surface area contributed by atoms with Crippen molar-refractivity contribution in [2.45, 2.75) is 39.4 Å². The highest BCUT2D eigenvalue weighted by Gasteiger charge is 2.17. The van der Waals surface area contributed by atoms with Gasteiger partial charge in [0.05, 0.1) is 12.5 Å². The predicted molar refractivity (Wildman–Crippen MR) is 60.3 cm³/mol. The highest BCUT2D eigenvalue weighted by Crippen LogP contribution is 2.06. The maximum Gasteiger partial charge on any atom is 0.309 e. The fraction of sp³-hybridized carbons (Fsp3) is 0.778. The fourth-order valence-corrected chi connectivity index (χ4v) is 1.35. The minimum atomic E-state index is -0.376. The molecule has 5 heteroatoms. The normalized spacial score (nSPS) is 12.4. The third kappa shape index (κ3) is 7.11. The Kier molecular flexibility index (Phi) is 6.86. The molecule has 1 atom stereocenters. The number of carbonyl (C=O) groups excluding carboxylic acids is 2. The van der Waals surface area contributed by atoms with E-state index in [1.807, 2.05) is 0 Å². The topological polar surface area (TPSA) is 52.6 Å². The van der Waals surface area contributed by atoms with Crippen molar-refractivity contribution in [1.82, 2.24) is 0 Å². The molecule has 0 aromatic heterocycles. The van der Waals surface area contributed by atoms with Crippen LogP contribution < -0.4 is 0 Å². The van der Waals surface area contributed by atoms with Gasteiger partial charge >= 0.3 is 11.9 Å². The molecule has 1 unspecified atom stereocenters. The van der Waals surface area contributed by atoms with Gasteiger partial charge in [0.25, 0.3) is 0 Å². The smallest absolute Gasteiger partial charge is 0.309 e. The quantitative estimate of drug-likeness (QED) is 0.440. The molecule has 0 spiro atoms. The van der Waals surface area contributed by atoms with Crippen molar-refractivity contribution in [2.75, 3.05) is 4.43 Å². The molecular weight excluding hydrogens is 299 g/mol. The van der Waals surface area contributed by atoms with Gasteiger partial charge in [-0.1, -0.05) is 22.6 Å². The lowest BCUT2D eigenvalue weighted by molar-refractivity contribution is -0.154. The van der Waals surface area contributed by atoms with Gasteiger partial charge in [-0.2, -0.15) is 0 Å². The van der Waals surface area contributed by atoms with Crippen LogP contribution in [-0.2, 0) is 19.1 Å². The summed E-state index contributed by atoms with van der Waals surface area (Å²) in [6.07, 6.45) is -0.380. The van der Waals surface area contributed by atoms with Crippen LogP contribution in [0.5, 0.6) is 0 Å². The first-order chi connectivity index (χ1) is 6.45. The van der Waals surface area contributed by atoms with Crippen LogP contribution >= 0.6 is 22.6 Å². The Morgan fingerprint density at radius 3 is 2.21 bits per heavy atom. The van der Waals surface area contributed by atoms with Crippen LogP contribution in [-0.4, -0.2) is 28.6 Å². The second-order valence-corrected chi connectivity index (χ2v) is 4.01. The predicted octanol–water partition coefficient (Wildman–Crippen LogP) is 1.69. The van der Waals surface area contributed by atoms with E-state index in [-0.39, 0.29) is 30.6 Å². The summed E-state index contributed by atoms with van der Waals surface area (Å²) in [4.78, 5) is 21.8. The van der Waals surface area contributed by atoms with E-state index < -0.39 is 0 Å². The van der Waals surface area contributed by atoms with Crippen LogP contribution in [0.4, 0.5) is 0 Å². The van der Waals surface area contributed by atoms with Crippen LogP contribution in [0.25, 0.3) is 0 Å². The molecule has 0 bridgehead atoms. The molecule has 14 heavy (non-hydrogen) atoms. The van der Waals surface area contributed by atoms with Crippen LogP contribution in [0, 0.1) is 0 Å². The van der Waals surface area contributed by atoms with Crippen LogP contribution in [0.2, 0.25) is 0 Å². The molecule has 0 radical (unpaired) electrons. The SMILES string of the molecule is CC(=O)OC(CI)CC(=O)OC(C)C. The minimum Gasteiger partial charge on any atom is -0.463 e. The molecule has 0 saturated heterocycles. The molecule has 0 aliphatic heterocycles. The summed E-state index contributed by atoms with van der Waals surface area (Å²) in [5.74, 6) is -0.702. The average molecular weight is 314 g/mol. The van der Waals surface area contributed by atoms with Crippen molar-refractivity contribution in [3.05, 3.63) is 0 Å². The van der Waals surface area contributed by atoms with Crippen molar-refractivity contribution in [2.24, 2.45) is 0 Å². The first-order valence-corrected chi connectivity index (χ1v) is 5.91. The van der Waals surface area contributed by atoms with Crippen LogP contribution in [0.15, 0.2) is 0 Å². The van der Waals surface area contributed by atoms with E-state index in [0.29, 0.717) is 4.43 Å². The van der Waals surface area contributed by atoms with Gasteiger partial charge in [-0.25, -0.2) is 0 Å². The fourth-order valence-electron chi connectivity index (χ4n) is 0.859. The molecule has 0 N–H and O–H groups in total. The summed E-state index contributed by atoms with van der Waals surface area (Å²) in [7, 11) is 0. The second kappa shape index (κ2) is 7.03. The third-order valence-electron chi connectivity index (χ3n) is 1.27. The van der Waals surface area contributed by atoms with Gasteiger partial charge in [0.2, 0.25) is 0 Å². The zero-order valence-corrected chi connectivity index (χ0v) is 10.7. The van der Waals surface area contributed by atoms with Crippen molar-refractivity contribution in [3.8, 4) is 0 Å². The summed E-state index contributed by atoms with van der Waals surface area (Å²) in [5, 5.41) is 0. The van der Waals surface area contributed by atoms with E-state index in [1.54, 1.807) is 13.8 Å². The zero-order chi connectivity index (χ0) is 11.1. The van der Waals surface area contributed by atoms with Gasteiger partial charge in [0, 0.05) is 11.4 Å². The molecule has 0 aliphatic carbocycles. The average Bonchev–Trinajstić information content (AvgIpc) is 2.00. The Labute approximate surface area is 97.5 Å². The maximum absolute atomic E-state index is 11.2. The lowest BCUT2D eigenvalue weighted by atomic mass is 10.3. The molecule has 0 fully saturated rings. The Morgan fingerprint density at radius 2 is 1.86 bits per heavy atom. The lowest BCUT2D eigenvalue weighted by Crippen LogP contribution is -2.24. The summed E-state index contributed by atoms with van der Waals surface area (Å²) in [6, 6.07) is 0. The number of halogens is 1. The summed E-state index contributed by atoms with van der Waals surface area (Å²) < 4.78 is 10.4. The summed E-state index contributed by atoms with van der Waals surface area (Å²) in [5.41, 5.74) is 0. The van der Waals surface area contributed by atoms with Gasteiger partial charge in [0.15, 0.2) is 0 Å². The molecule has 0 aromatic carbocycles. The molecule has 0 heterocycles. The van der Waals surface area contributed by atoms with Crippen molar-refractivity contribution in [3.63, 3.8) is 0 Å². The highest BCUT2D eigenvalue weighted by molar-refractivity contribution is 14.1. The molecule has 0 amide bonds. The Hall–Kier alpha value is -0.330. The first kappa shape index (κ1) is 13.7. The van der Waals surface area contributed by atoms with Gasteiger partial charge in [-0.15, -0.1) is 0 Å². The molecule has 0 aromatic rings. The molecule has 0 rings (SSSR count). The number of hydrogen-bond acceptors (Lipinski definition) is 4. The number of alkyl halides is 1. The summed E-state index contributed by atoms with van der Waals surface area (Å²) in [6.45, 7) is 4.89. The lowest BCUT2D eigenvalue weighted by Gasteiger charge is -2.14. The molecule has 82 valence electrons. The van der Waals surface area contributed by atoms with E-state index >= 15 is 0 Å².